The average Bonchev–Trinajstić information content (AvgIpc) is 3.58. The molecule has 8 atom stereocenters. The molecular weight excluding hydrogens is 1040 g/mol. The standard InChI is InChI=1S/C72H121NO10/c1-4-7-10-13-16-19-22-25-27-29-30-31-32-33-34-35-36-37-39-42-45-48-51-54-57-60-67(77)83-70-69(79)68(78)66(61-74)82-72(70)81-62-63(64(75)58-55-52-49-46-43-40-24-21-18-15-12-9-6-3)73-71(80)65(76)59-56-53-50-47-44-41-38-28-26-23-20-17-14-11-8-5-2/h7,10,16-17,19-20,25-28,30-31,33-34,36-37,41,44,55,58,63-66,68-70,72,74-76,78-79H,4-6,8-9,11-15,18,21-24,29,32,35,38-40,42-43,45-54,56-57,59-62H2,1-3H3,(H,73,80)/b10-7-,19-16-,20-17-,27-25-,28-26-,31-30-,34-33-,37-36-,44-41-,58-55+. The van der Waals surface area contributed by atoms with Gasteiger partial charge in [0.1, 0.15) is 24.4 Å². The van der Waals surface area contributed by atoms with Crippen LogP contribution in [0.1, 0.15) is 258 Å². The number of ether oxygens (including phenoxy) is 3. The first-order chi connectivity index (χ1) is 40.7. The van der Waals surface area contributed by atoms with Gasteiger partial charge in [0.05, 0.1) is 25.4 Å². The summed E-state index contributed by atoms with van der Waals surface area (Å²) < 4.78 is 17.6. The van der Waals surface area contributed by atoms with E-state index in [0.29, 0.717) is 12.8 Å². The number of esters is 1. The lowest BCUT2D eigenvalue weighted by Gasteiger charge is -2.41. The third kappa shape index (κ3) is 46.0. The topological polar surface area (TPSA) is 175 Å². The van der Waals surface area contributed by atoms with Gasteiger partial charge in [-0.25, -0.2) is 0 Å². The molecule has 0 spiro atoms. The number of hydrogen-bond acceptors (Lipinski definition) is 10. The van der Waals surface area contributed by atoms with E-state index in [2.05, 4.69) is 135 Å². The summed E-state index contributed by atoms with van der Waals surface area (Å²) in [5.41, 5.74) is 0. The SMILES string of the molecule is CC/C=C\C/C=C\C/C=C\C/C=C\C/C=C\C/C=C\CCCCCCCCC(=O)OC1C(OCC(NC(=O)C(O)CCCCC/C=C\C/C=C\C/C=C\CCCCC)C(O)/C=C/CCCCCCCCCCCCC)OC(CO)C(O)C1O. The number of hydrogen-bond donors (Lipinski definition) is 6. The van der Waals surface area contributed by atoms with E-state index < -0.39 is 67.4 Å². The molecule has 474 valence electrons. The molecule has 1 fully saturated rings. The van der Waals surface area contributed by atoms with Gasteiger partial charge >= 0.3 is 5.97 Å². The summed E-state index contributed by atoms with van der Waals surface area (Å²) in [4.78, 5) is 26.6. The lowest BCUT2D eigenvalue weighted by Crippen LogP contribution is -2.61. The normalized spacial score (nSPS) is 19.3. The molecule has 8 unspecified atom stereocenters. The number of rotatable bonds is 55. The van der Waals surface area contributed by atoms with Crippen molar-refractivity contribution in [2.75, 3.05) is 13.2 Å². The maximum Gasteiger partial charge on any atom is 0.306 e. The molecule has 1 aliphatic heterocycles. The third-order valence-electron chi connectivity index (χ3n) is 14.8. The first kappa shape index (κ1) is 77.1. The molecule has 1 amide bonds. The van der Waals surface area contributed by atoms with Gasteiger partial charge in [0, 0.05) is 6.42 Å². The lowest BCUT2D eigenvalue weighted by molar-refractivity contribution is -0.305. The molecule has 1 aliphatic rings. The van der Waals surface area contributed by atoms with Crippen molar-refractivity contribution in [2.24, 2.45) is 0 Å². The van der Waals surface area contributed by atoms with Gasteiger partial charge in [-0.05, 0) is 116 Å². The van der Waals surface area contributed by atoms with E-state index in [0.717, 1.165) is 141 Å². The van der Waals surface area contributed by atoms with Crippen LogP contribution in [0.25, 0.3) is 0 Å². The van der Waals surface area contributed by atoms with Crippen LogP contribution in [-0.2, 0) is 23.8 Å². The molecule has 11 nitrogen and oxygen atoms in total. The summed E-state index contributed by atoms with van der Waals surface area (Å²) in [6.45, 7) is 5.63. The second-order valence-corrected chi connectivity index (χ2v) is 22.5. The van der Waals surface area contributed by atoms with Crippen molar-refractivity contribution in [1.82, 2.24) is 5.32 Å². The van der Waals surface area contributed by atoms with E-state index in [-0.39, 0.29) is 19.4 Å². The number of unbranched alkanes of at least 4 members (excludes halogenated alkanes) is 23. The Balaban J connectivity index is 2.66. The van der Waals surface area contributed by atoms with Gasteiger partial charge in [-0.15, -0.1) is 0 Å². The summed E-state index contributed by atoms with van der Waals surface area (Å²) in [5.74, 6) is -1.24. The number of carbonyl (C=O) groups is 2. The van der Waals surface area contributed by atoms with Gasteiger partial charge in [-0.2, -0.15) is 0 Å². The van der Waals surface area contributed by atoms with Crippen molar-refractivity contribution < 1.29 is 49.3 Å². The van der Waals surface area contributed by atoms with E-state index in [4.69, 9.17) is 14.2 Å². The molecule has 0 aliphatic carbocycles. The Morgan fingerprint density at radius 1 is 0.482 bits per heavy atom. The van der Waals surface area contributed by atoms with Crippen LogP contribution in [0.15, 0.2) is 122 Å². The highest BCUT2D eigenvalue weighted by Crippen LogP contribution is 2.26. The molecule has 1 rings (SSSR count). The predicted octanol–water partition coefficient (Wildman–Crippen LogP) is 16.6. The van der Waals surface area contributed by atoms with E-state index >= 15 is 0 Å². The number of nitrogens with one attached hydrogen (secondary N) is 1. The highest BCUT2D eigenvalue weighted by atomic mass is 16.7. The van der Waals surface area contributed by atoms with Gasteiger partial charge in [-0.1, -0.05) is 258 Å². The monoisotopic (exact) mass is 1160 g/mol. The Kier molecular flexibility index (Phi) is 54.3. The molecule has 11 heteroatoms. The Hall–Kier alpha value is -3.94. The third-order valence-corrected chi connectivity index (χ3v) is 14.8. The van der Waals surface area contributed by atoms with E-state index in [1.807, 2.05) is 6.08 Å². The molecule has 83 heavy (non-hydrogen) atoms. The van der Waals surface area contributed by atoms with Crippen molar-refractivity contribution in [3.05, 3.63) is 122 Å². The maximum atomic E-state index is 13.4. The first-order valence-corrected chi connectivity index (χ1v) is 33.3. The predicted molar refractivity (Wildman–Crippen MR) is 347 cm³/mol. The largest absolute Gasteiger partial charge is 0.454 e. The van der Waals surface area contributed by atoms with Crippen LogP contribution >= 0.6 is 0 Å². The van der Waals surface area contributed by atoms with E-state index in [1.165, 1.54) is 70.6 Å². The Bertz CT molecular complexity index is 1810. The molecule has 0 aromatic carbocycles. The Morgan fingerprint density at radius 2 is 0.867 bits per heavy atom. The number of aliphatic hydroxyl groups is 5. The molecule has 6 N–H and O–H groups in total. The second-order valence-electron chi connectivity index (χ2n) is 22.5. The molecule has 0 aromatic heterocycles. The minimum absolute atomic E-state index is 0.0963. The van der Waals surface area contributed by atoms with Crippen LogP contribution in [0.2, 0.25) is 0 Å². The average molecular weight is 1160 g/mol. The second kappa shape index (κ2) is 58.4. The minimum Gasteiger partial charge on any atom is -0.454 e. The molecule has 0 aromatic rings. The summed E-state index contributed by atoms with van der Waals surface area (Å²) in [6, 6.07) is -1.05. The van der Waals surface area contributed by atoms with Crippen molar-refractivity contribution in [1.29, 1.82) is 0 Å². The molecule has 1 saturated heterocycles. The zero-order chi connectivity index (χ0) is 60.3. The fourth-order valence-electron chi connectivity index (χ4n) is 9.60. The van der Waals surface area contributed by atoms with Crippen LogP contribution in [0.3, 0.4) is 0 Å². The zero-order valence-electron chi connectivity index (χ0n) is 52.5. The summed E-state index contributed by atoms with van der Waals surface area (Å²) >= 11 is 0. The Morgan fingerprint density at radius 3 is 1.33 bits per heavy atom. The summed E-state index contributed by atoms with van der Waals surface area (Å²) in [6.07, 6.45) is 70.8. The molecule has 0 bridgehead atoms. The van der Waals surface area contributed by atoms with E-state index in [1.54, 1.807) is 6.08 Å². The molecule has 1 heterocycles. The zero-order valence-corrected chi connectivity index (χ0v) is 52.5. The van der Waals surface area contributed by atoms with Crippen molar-refractivity contribution in [2.45, 2.75) is 307 Å². The summed E-state index contributed by atoms with van der Waals surface area (Å²) in [5, 5.41) is 57.1. The number of allylic oxidation sites excluding steroid dienone is 19. The van der Waals surface area contributed by atoms with E-state index in [9.17, 15) is 35.1 Å². The molecule has 0 saturated carbocycles. The van der Waals surface area contributed by atoms with Crippen LogP contribution in [-0.4, -0.2) is 99.6 Å². The van der Waals surface area contributed by atoms with Gasteiger partial charge in [0.25, 0.3) is 0 Å². The van der Waals surface area contributed by atoms with Gasteiger partial charge < -0.3 is 45.1 Å². The molecular formula is C72H121NO10. The van der Waals surface area contributed by atoms with Crippen molar-refractivity contribution >= 4 is 11.9 Å². The Labute approximate surface area is 506 Å². The van der Waals surface area contributed by atoms with Crippen LogP contribution in [0.4, 0.5) is 0 Å². The number of aliphatic hydroxyl groups excluding tert-OH is 5. The van der Waals surface area contributed by atoms with Crippen LogP contribution in [0.5, 0.6) is 0 Å². The number of carbonyl (C=O) groups excluding carboxylic acids is 2. The van der Waals surface area contributed by atoms with Crippen molar-refractivity contribution in [3.63, 3.8) is 0 Å². The smallest absolute Gasteiger partial charge is 0.306 e. The highest BCUT2D eigenvalue weighted by Gasteiger charge is 2.47. The van der Waals surface area contributed by atoms with Gasteiger partial charge in [0.15, 0.2) is 12.4 Å². The quantitative estimate of drug-likeness (QED) is 0.0195. The fourth-order valence-corrected chi connectivity index (χ4v) is 9.60. The maximum absolute atomic E-state index is 13.4. The van der Waals surface area contributed by atoms with Gasteiger partial charge in [-0.3, -0.25) is 9.59 Å². The lowest BCUT2D eigenvalue weighted by atomic mass is 9.99. The first-order valence-electron chi connectivity index (χ1n) is 33.3. The highest BCUT2D eigenvalue weighted by molar-refractivity contribution is 5.80. The van der Waals surface area contributed by atoms with Gasteiger partial charge in [0.2, 0.25) is 5.91 Å². The number of amides is 1. The van der Waals surface area contributed by atoms with Crippen molar-refractivity contribution in [3.8, 4) is 0 Å². The molecule has 0 radical (unpaired) electrons. The minimum atomic E-state index is -1.63. The van der Waals surface area contributed by atoms with Crippen LogP contribution < -0.4 is 5.32 Å². The van der Waals surface area contributed by atoms with Crippen LogP contribution in [0, 0.1) is 0 Å². The summed E-state index contributed by atoms with van der Waals surface area (Å²) in [7, 11) is 0. The fraction of sp³-hybridized carbons (Fsp3) is 0.694.